The second kappa shape index (κ2) is 9.32. The summed E-state index contributed by atoms with van der Waals surface area (Å²) in [4.78, 5) is 33.9. The molecule has 1 fully saturated rings. The number of carbonyl (C=O) groups excluding carboxylic acids is 2. The average molecular weight is 466 g/mol. The van der Waals surface area contributed by atoms with Crippen molar-refractivity contribution >= 4 is 17.6 Å². The third kappa shape index (κ3) is 4.69. The summed E-state index contributed by atoms with van der Waals surface area (Å²) in [5.41, 5.74) is 3.28. The Labute approximate surface area is 199 Å². The second-order valence-corrected chi connectivity index (χ2v) is 9.28. The van der Waals surface area contributed by atoms with Crippen LogP contribution in [0.3, 0.4) is 0 Å². The Balaban J connectivity index is 1.70. The van der Waals surface area contributed by atoms with E-state index >= 15 is 0 Å². The van der Waals surface area contributed by atoms with Crippen LogP contribution in [0.25, 0.3) is 16.9 Å². The number of amides is 2. The van der Waals surface area contributed by atoms with Crippen LogP contribution in [0.2, 0.25) is 0 Å². The summed E-state index contributed by atoms with van der Waals surface area (Å²) in [5, 5.41) is 4.73. The third-order valence-electron chi connectivity index (χ3n) is 5.89. The van der Waals surface area contributed by atoms with Gasteiger partial charge in [-0.3, -0.25) is 4.79 Å². The van der Waals surface area contributed by atoms with Gasteiger partial charge in [0.25, 0.3) is 5.91 Å². The van der Waals surface area contributed by atoms with Crippen molar-refractivity contribution in [2.24, 2.45) is 0 Å². The fourth-order valence-corrected chi connectivity index (χ4v) is 3.87. The molecular weight excluding hydrogens is 434 g/mol. The van der Waals surface area contributed by atoms with Gasteiger partial charge < -0.3 is 19.3 Å². The van der Waals surface area contributed by atoms with E-state index < -0.39 is 0 Å². The zero-order chi connectivity index (χ0) is 24.5. The monoisotopic (exact) mass is 465 g/mol. The molecule has 9 heteroatoms. The van der Waals surface area contributed by atoms with Crippen molar-refractivity contribution in [1.82, 2.24) is 24.4 Å². The first-order valence-electron chi connectivity index (χ1n) is 11.5. The van der Waals surface area contributed by atoms with E-state index in [1.807, 2.05) is 30.3 Å². The molecule has 0 aliphatic carbocycles. The molecule has 0 atom stereocenters. The van der Waals surface area contributed by atoms with E-state index in [1.54, 1.807) is 34.4 Å². The van der Waals surface area contributed by atoms with Crippen LogP contribution >= 0.6 is 0 Å². The second-order valence-electron chi connectivity index (χ2n) is 9.28. The molecule has 0 spiro atoms. The van der Waals surface area contributed by atoms with Gasteiger partial charge in [-0.05, 0) is 37.3 Å². The molecule has 1 aliphatic rings. The molecule has 0 unspecified atom stereocenters. The van der Waals surface area contributed by atoms with Gasteiger partial charge in [-0.15, -0.1) is 0 Å². The van der Waals surface area contributed by atoms with Crippen LogP contribution in [0.5, 0.6) is 5.75 Å². The highest BCUT2D eigenvalue weighted by molar-refractivity contribution is 5.94. The van der Waals surface area contributed by atoms with Gasteiger partial charge in [0.2, 0.25) is 0 Å². The molecular formula is C25H31N5O4. The summed E-state index contributed by atoms with van der Waals surface area (Å²) in [6.45, 7) is 10.0. The molecule has 3 aromatic rings. The summed E-state index contributed by atoms with van der Waals surface area (Å²) >= 11 is 0. The molecule has 0 N–H and O–H groups in total. The number of hydrogen-bond acceptors (Lipinski definition) is 6. The zero-order valence-corrected chi connectivity index (χ0v) is 20.4. The lowest BCUT2D eigenvalue weighted by molar-refractivity contribution is 0.0563. The molecule has 1 aromatic carbocycles. The van der Waals surface area contributed by atoms with Crippen LogP contribution in [-0.4, -0.2) is 76.3 Å². The van der Waals surface area contributed by atoms with Gasteiger partial charge in [0.05, 0.1) is 25.1 Å². The molecule has 0 radical (unpaired) electrons. The van der Waals surface area contributed by atoms with E-state index in [-0.39, 0.29) is 17.4 Å². The highest BCUT2D eigenvalue weighted by Gasteiger charge is 2.28. The largest absolute Gasteiger partial charge is 0.497 e. The minimum Gasteiger partial charge on any atom is -0.497 e. The van der Waals surface area contributed by atoms with E-state index in [1.165, 1.54) is 0 Å². The molecule has 2 amide bonds. The van der Waals surface area contributed by atoms with Crippen LogP contribution in [0.15, 0.2) is 36.4 Å². The first-order valence-corrected chi connectivity index (χ1v) is 11.5. The summed E-state index contributed by atoms with van der Waals surface area (Å²) < 4.78 is 12.0. The number of carbonyl (C=O) groups is 2. The third-order valence-corrected chi connectivity index (χ3v) is 5.89. The van der Waals surface area contributed by atoms with Crippen LogP contribution in [0, 0.1) is 0 Å². The number of rotatable bonds is 4. The van der Waals surface area contributed by atoms with Crippen molar-refractivity contribution < 1.29 is 19.1 Å². The SMILES string of the molecule is CCOC(=O)N1CCN(C(=O)c2cc(-c3ccc(OC)cc3)nc3cc(C(C)(C)C)nn23)CC1. The molecule has 9 nitrogen and oxygen atoms in total. The maximum Gasteiger partial charge on any atom is 0.409 e. The van der Waals surface area contributed by atoms with E-state index in [0.29, 0.717) is 49.8 Å². The lowest BCUT2D eigenvalue weighted by atomic mass is 9.93. The van der Waals surface area contributed by atoms with Gasteiger partial charge in [0.15, 0.2) is 5.65 Å². The Morgan fingerprint density at radius 1 is 1.00 bits per heavy atom. The van der Waals surface area contributed by atoms with Gasteiger partial charge in [0.1, 0.15) is 11.4 Å². The molecule has 0 bridgehead atoms. The van der Waals surface area contributed by atoms with Gasteiger partial charge in [0, 0.05) is 43.2 Å². The van der Waals surface area contributed by atoms with Crippen molar-refractivity contribution in [2.75, 3.05) is 39.9 Å². The summed E-state index contributed by atoms with van der Waals surface area (Å²) in [5.74, 6) is 0.606. The normalized spacial score (nSPS) is 14.4. The van der Waals surface area contributed by atoms with Gasteiger partial charge in [-0.2, -0.15) is 5.10 Å². The van der Waals surface area contributed by atoms with Crippen LogP contribution in [0.1, 0.15) is 43.9 Å². The van der Waals surface area contributed by atoms with E-state index in [0.717, 1.165) is 17.0 Å². The van der Waals surface area contributed by atoms with Crippen molar-refractivity contribution in [3.8, 4) is 17.0 Å². The van der Waals surface area contributed by atoms with E-state index in [2.05, 4.69) is 20.8 Å². The fourth-order valence-electron chi connectivity index (χ4n) is 3.87. The zero-order valence-electron chi connectivity index (χ0n) is 20.4. The summed E-state index contributed by atoms with van der Waals surface area (Å²) in [6.07, 6.45) is -0.343. The highest BCUT2D eigenvalue weighted by atomic mass is 16.6. The maximum atomic E-state index is 13.6. The molecule has 2 aromatic heterocycles. The van der Waals surface area contributed by atoms with Gasteiger partial charge in [-0.25, -0.2) is 14.3 Å². The fraction of sp³-hybridized carbons (Fsp3) is 0.440. The number of piperazine rings is 1. The summed E-state index contributed by atoms with van der Waals surface area (Å²) in [7, 11) is 1.62. The standard InChI is InChI=1S/C25H31N5O4/c1-6-34-24(32)29-13-11-28(12-14-29)23(31)20-15-19(17-7-9-18(33-5)10-8-17)26-22-16-21(25(2,3)4)27-30(20)22/h7-10,15-16H,6,11-14H2,1-5H3. The van der Waals surface area contributed by atoms with Crippen LogP contribution in [0.4, 0.5) is 4.79 Å². The Kier molecular flexibility index (Phi) is 6.45. The first-order chi connectivity index (χ1) is 16.2. The molecule has 4 rings (SSSR count). The predicted molar refractivity (Wildman–Crippen MR) is 128 cm³/mol. The Hall–Kier alpha value is -3.62. The molecule has 0 saturated carbocycles. The van der Waals surface area contributed by atoms with Gasteiger partial charge in [-0.1, -0.05) is 20.8 Å². The lowest BCUT2D eigenvalue weighted by Gasteiger charge is -2.34. The Morgan fingerprint density at radius 3 is 2.24 bits per heavy atom. The topological polar surface area (TPSA) is 89.3 Å². The van der Waals surface area contributed by atoms with Crippen molar-refractivity contribution in [3.05, 3.63) is 47.8 Å². The quantitative estimate of drug-likeness (QED) is 0.585. The predicted octanol–water partition coefficient (Wildman–Crippen LogP) is 3.62. The number of benzene rings is 1. The number of hydrogen-bond donors (Lipinski definition) is 0. The number of aromatic nitrogens is 3. The molecule has 3 heterocycles. The van der Waals surface area contributed by atoms with E-state index in [9.17, 15) is 9.59 Å². The van der Waals surface area contributed by atoms with Crippen molar-refractivity contribution in [2.45, 2.75) is 33.1 Å². The van der Waals surface area contributed by atoms with Crippen LogP contribution < -0.4 is 4.74 Å². The Bertz CT molecular complexity index is 1190. The van der Waals surface area contributed by atoms with E-state index in [4.69, 9.17) is 19.6 Å². The highest BCUT2D eigenvalue weighted by Crippen LogP contribution is 2.27. The maximum absolute atomic E-state index is 13.6. The number of ether oxygens (including phenoxy) is 2. The molecule has 180 valence electrons. The number of nitrogens with zero attached hydrogens (tertiary/aromatic N) is 5. The smallest absolute Gasteiger partial charge is 0.409 e. The van der Waals surface area contributed by atoms with Crippen molar-refractivity contribution in [3.63, 3.8) is 0 Å². The van der Waals surface area contributed by atoms with Crippen LogP contribution in [-0.2, 0) is 10.2 Å². The molecule has 34 heavy (non-hydrogen) atoms. The average Bonchev–Trinajstić information content (AvgIpc) is 3.28. The number of fused-ring (bicyclic) bond motifs is 1. The Morgan fingerprint density at radius 2 is 1.65 bits per heavy atom. The van der Waals surface area contributed by atoms with Gasteiger partial charge >= 0.3 is 6.09 Å². The van der Waals surface area contributed by atoms with Crippen molar-refractivity contribution in [1.29, 1.82) is 0 Å². The summed E-state index contributed by atoms with van der Waals surface area (Å²) in [6, 6.07) is 11.3. The minimum atomic E-state index is -0.343. The lowest BCUT2D eigenvalue weighted by Crippen LogP contribution is -2.51. The molecule has 1 aliphatic heterocycles. The number of methoxy groups -OCH3 is 1. The minimum absolute atomic E-state index is 0.144. The molecule has 1 saturated heterocycles. The first kappa shape index (κ1) is 23.5.